The van der Waals surface area contributed by atoms with Gasteiger partial charge in [0.25, 0.3) is 11.6 Å². The van der Waals surface area contributed by atoms with Crippen molar-refractivity contribution >= 4 is 11.6 Å². The Morgan fingerprint density at radius 3 is 2.67 bits per heavy atom. The standard InChI is InChI=1S/C19H15N5O3/c20-8-10-22(13-15-4-2-1-3-5-15)19(25)16-6-7-17(18(12-16)24(26)27)23-11-9-21-14-23/h1-7,9,11-12,14H,10,13H2. The van der Waals surface area contributed by atoms with E-state index in [-0.39, 0.29) is 24.3 Å². The Morgan fingerprint density at radius 2 is 2.04 bits per heavy atom. The molecular weight excluding hydrogens is 346 g/mol. The molecule has 0 aliphatic heterocycles. The van der Waals surface area contributed by atoms with Crippen LogP contribution in [-0.2, 0) is 6.54 Å². The molecule has 8 nitrogen and oxygen atoms in total. The largest absolute Gasteiger partial charge is 0.321 e. The van der Waals surface area contributed by atoms with E-state index in [4.69, 9.17) is 5.26 Å². The van der Waals surface area contributed by atoms with Crippen LogP contribution in [0.25, 0.3) is 5.69 Å². The summed E-state index contributed by atoms with van der Waals surface area (Å²) in [6, 6.07) is 15.5. The monoisotopic (exact) mass is 361 g/mol. The first-order chi connectivity index (χ1) is 13.1. The van der Waals surface area contributed by atoms with E-state index in [0.29, 0.717) is 5.69 Å². The van der Waals surface area contributed by atoms with Crippen LogP contribution >= 0.6 is 0 Å². The summed E-state index contributed by atoms with van der Waals surface area (Å²) in [4.78, 5) is 29.0. The van der Waals surface area contributed by atoms with Crippen molar-refractivity contribution in [3.63, 3.8) is 0 Å². The molecule has 1 aromatic heterocycles. The first-order valence-corrected chi connectivity index (χ1v) is 8.07. The van der Waals surface area contributed by atoms with Crippen molar-refractivity contribution in [2.75, 3.05) is 6.54 Å². The molecule has 1 amide bonds. The van der Waals surface area contributed by atoms with Crippen LogP contribution in [0, 0.1) is 21.4 Å². The smallest absolute Gasteiger partial charge is 0.294 e. The summed E-state index contributed by atoms with van der Waals surface area (Å²) in [7, 11) is 0. The van der Waals surface area contributed by atoms with Gasteiger partial charge < -0.3 is 9.47 Å². The Hall–Kier alpha value is -3.99. The van der Waals surface area contributed by atoms with Gasteiger partial charge in [-0.1, -0.05) is 30.3 Å². The van der Waals surface area contributed by atoms with E-state index in [2.05, 4.69) is 4.98 Å². The normalized spacial score (nSPS) is 10.2. The number of carbonyl (C=O) groups excluding carboxylic acids is 1. The molecule has 0 unspecified atom stereocenters. The minimum absolute atomic E-state index is 0.120. The van der Waals surface area contributed by atoms with Gasteiger partial charge in [0.15, 0.2) is 0 Å². The van der Waals surface area contributed by atoms with Gasteiger partial charge in [-0.3, -0.25) is 14.9 Å². The lowest BCUT2D eigenvalue weighted by Gasteiger charge is -2.20. The molecule has 3 aromatic rings. The third kappa shape index (κ3) is 3.99. The number of imidazole rings is 1. The van der Waals surface area contributed by atoms with Crippen LogP contribution in [0.15, 0.2) is 67.3 Å². The quantitative estimate of drug-likeness (QED) is 0.381. The molecule has 0 bridgehead atoms. The van der Waals surface area contributed by atoms with Gasteiger partial charge in [-0.15, -0.1) is 0 Å². The Kier molecular flexibility index (Phi) is 5.23. The maximum Gasteiger partial charge on any atom is 0.294 e. The third-order valence-electron chi connectivity index (χ3n) is 3.97. The highest BCUT2D eigenvalue weighted by Gasteiger charge is 2.22. The lowest BCUT2D eigenvalue weighted by Crippen LogP contribution is -2.31. The molecule has 0 spiro atoms. The molecule has 3 rings (SSSR count). The molecule has 0 saturated heterocycles. The van der Waals surface area contributed by atoms with Crippen molar-refractivity contribution in [1.82, 2.24) is 14.5 Å². The summed E-state index contributed by atoms with van der Waals surface area (Å²) < 4.78 is 1.50. The lowest BCUT2D eigenvalue weighted by molar-refractivity contribution is -0.384. The fourth-order valence-corrected chi connectivity index (χ4v) is 2.69. The average Bonchev–Trinajstić information content (AvgIpc) is 3.22. The number of nitriles is 1. The zero-order chi connectivity index (χ0) is 19.2. The van der Waals surface area contributed by atoms with Crippen molar-refractivity contribution in [2.45, 2.75) is 6.54 Å². The number of nitro groups is 1. The molecule has 0 aliphatic rings. The van der Waals surface area contributed by atoms with Gasteiger partial charge in [-0.2, -0.15) is 5.26 Å². The Labute approximate surface area is 155 Å². The average molecular weight is 361 g/mol. The van der Waals surface area contributed by atoms with Crippen molar-refractivity contribution in [3.05, 3.63) is 88.5 Å². The summed E-state index contributed by atoms with van der Waals surface area (Å²) >= 11 is 0. The van der Waals surface area contributed by atoms with E-state index >= 15 is 0 Å². The number of hydrogen-bond acceptors (Lipinski definition) is 5. The van der Waals surface area contributed by atoms with E-state index in [1.807, 2.05) is 36.4 Å². The van der Waals surface area contributed by atoms with Gasteiger partial charge in [-0.25, -0.2) is 4.98 Å². The molecule has 0 fully saturated rings. The number of aromatic nitrogens is 2. The second kappa shape index (κ2) is 7.93. The zero-order valence-electron chi connectivity index (χ0n) is 14.2. The van der Waals surface area contributed by atoms with Gasteiger partial charge in [-0.05, 0) is 17.7 Å². The zero-order valence-corrected chi connectivity index (χ0v) is 14.2. The van der Waals surface area contributed by atoms with Gasteiger partial charge in [0, 0.05) is 30.6 Å². The fraction of sp³-hybridized carbons (Fsp3) is 0.105. The molecule has 27 heavy (non-hydrogen) atoms. The van der Waals surface area contributed by atoms with Crippen LogP contribution < -0.4 is 0 Å². The van der Waals surface area contributed by atoms with Crippen molar-refractivity contribution < 1.29 is 9.72 Å². The van der Waals surface area contributed by atoms with Gasteiger partial charge in [0.1, 0.15) is 12.2 Å². The minimum atomic E-state index is -0.544. The van der Waals surface area contributed by atoms with E-state index < -0.39 is 10.8 Å². The maximum absolute atomic E-state index is 12.8. The highest BCUT2D eigenvalue weighted by molar-refractivity contribution is 5.95. The molecular formula is C19H15N5O3. The van der Waals surface area contributed by atoms with Gasteiger partial charge >= 0.3 is 0 Å². The van der Waals surface area contributed by atoms with Crippen LogP contribution in [-0.4, -0.2) is 31.8 Å². The predicted molar refractivity (Wildman–Crippen MR) is 97.0 cm³/mol. The Morgan fingerprint density at radius 1 is 1.26 bits per heavy atom. The SMILES string of the molecule is N#CCN(Cc1ccccc1)C(=O)c1ccc(-n2ccnc2)c([N+](=O)[O-])c1. The number of nitro benzene ring substituents is 1. The number of nitrogens with zero attached hydrogens (tertiary/aromatic N) is 5. The van der Waals surface area contributed by atoms with Crippen LogP contribution in [0.1, 0.15) is 15.9 Å². The van der Waals surface area contributed by atoms with E-state index in [9.17, 15) is 14.9 Å². The van der Waals surface area contributed by atoms with E-state index in [1.54, 1.807) is 6.20 Å². The molecule has 1 heterocycles. The number of carbonyl (C=O) groups is 1. The van der Waals surface area contributed by atoms with E-state index in [0.717, 1.165) is 5.56 Å². The predicted octanol–water partition coefficient (Wildman–Crippen LogP) is 2.95. The number of benzene rings is 2. The van der Waals surface area contributed by atoms with E-state index in [1.165, 1.54) is 40.2 Å². The van der Waals surface area contributed by atoms with Crippen LogP contribution in [0.2, 0.25) is 0 Å². The number of rotatable bonds is 6. The summed E-state index contributed by atoms with van der Waals surface area (Å²) in [5.74, 6) is -0.444. The summed E-state index contributed by atoms with van der Waals surface area (Å²) in [6.45, 7) is 0.120. The second-order valence-electron chi connectivity index (χ2n) is 5.74. The first-order valence-electron chi connectivity index (χ1n) is 8.07. The maximum atomic E-state index is 12.8. The molecule has 0 N–H and O–H groups in total. The molecule has 0 aliphatic carbocycles. The highest BCUT2D eigenvalue weighted by atomic mass is 16.6. The van der Waals surface area contributed by atoms with Gasteiger partial charge in [0.2, 0.25) is 0 Å². The van der Waals surface area contributed by atoms with Crippen molar-refractivity contribution in [3.8, 4) is 11.8 Å². The molecule has 2 aromatic carbocycles. The number of hydrogen-bond donors (Lipinski definition) is 0. The summed E-state index contributed by atoms with van der Waals surface area (Å²) in [5, 5.41) is 20.5. The topological polar surface area (TPSA) is 105 Å². The molecule has 0 radical (unpaired) electrons. The van der Waals surface area contributed by atoms with Crippen molar-refractivity contribution in [1.29, 1.82) is 5.26 Å². The molecule has 0 atom stereocenters. The first kappa shape index (κ1) is 17.8. The number of amides is 1. The van der Waals surface area contributed by atoms with Crippen molar-refractivity contribution in [2.24, 2.45) is 0 Å². The molecule has 0 saturated carbocycles. The Balaban J connectivity index is 1.93. The molecule has 134 valence electrons. The van der Waals surface area contributed by atoms with Crippen LogP contribution in [0.4, 0.5) is 5.69 Å². The van der Waals surface area contributed by atoms with Crippen LogP contribution in [0.3, 0.4) is 0 Å². The fourth-order valence-electron chi connectivity index (χ4n) is 2.69. The summed E-state index contributed by atoms with van der Waals surface area (Å²) in [5.41, 5.74) is 1.11. The van der Waals surface area contributed by atoms with Gasteiger partial charge in [0.05, 0.1) is 17.3 Å². The third-order valence-corrected chi connectivity index (χ3v) is 3.97. The summed E-state index contributed by atoms with van der Waals surface area (Å²) in [6.07, 6.45) is 4.54. The second-order valence-corrected chi connectivity index (χ2v) is 5.74. The molecule has 8 heteroatoms. The Bertz CT molecular complexity index is 994. The minimum Gasteiger partial charge on any atom is -0.321 e. The van der Waals surface area contributed by atoms with Crippen LogP contribution in [0.5, 0.6) is 0 Å². The lowest BCUT2D eigenvalue weighted by atomic mass is 10.1. The highest BCUT2D eigenvalue weighted by Crippen LogP contribution is 2.25.